The van der Waals surface area contributed by atoms with Gasteiger partial charge in [-0.05, 0) is 54.4 Å². The molecule has 170 valence electrons. The smallest absolute Gasteiger partial charge is 0.162 e. The number of para-hydroxylation sites is 1. The van der Waals surface area contributed by atoms with Crippen LogP contribution < -0.4 is 24.3 Å². The maximum absolute atomic E-state index is 6.14. The molecule has 3 aromatic carbocycles. The van der Waals surface area contributed by atoms with Crippen molar-refractivity contribution in [3.8, 4) is 28.7 Å². The third-order valence-corrected chi connectivity index (χ3v) is 5.33. The monoisotopic (exact) mass is 444 g/mol. The molecule has 0 amide bonds. The second-order valence-corrected chi connectivity index (χ2v) is 7.40. The number of hydrogen-bond acceptors (Lipinski definition) is 6. The van der Waals surface area contributed by atoms with Gasteiger partial charge in [0.05, 0.1) is 19.7 Å². The Kier molecular flexibility index (Phi) is 7.15. The number of nitrogens with zero attached hydrogens (tertiary/aromatic N) is 1. The van der Waals surface area contributed by atoms with E-state index in [2.05, 4.69) is 23.3 Å². The topological polar surface area (TPSA) is 61.8 Å². The van der Waals surface area contributed by atoms with Crippen LogP contribution in [0.3, 0.4) is 0 Å². The lowest BCUT2D eigenvalue weighted by Crippen LogP contribution is -2.12. The minimum Gasteiger partial charge on any atom is -0.493 e. The third-order valence-electron chi connectivity index (χ3n) is 5.33. The van der Waals surface area contributed by atoms with Gasteiger partial charge in [-0.1, -0.05) is 25.1 Å². The average Bonchev–Trinajstić information content (AvgIpc) is 2.87. The summed E-state index contributed by atoms with van der Waals surface area (Å²) in [6.45, 7) is 3.42. The van der Waals surface area contributed by atoms with Crippen LogP contribution in [-0.2, 0) is 6.42 Å². The summed E-state index contributed by atoms with van der Waals surface area (Å²) in [6.07, 6.45) is 2.67. The highest BCUT2D eigenvalue weighted by molar-refractivity contribution is 5.88. The number of methoxy groups -OCH3 is 2. The maximum atomic E-state index is 6.14. The van der Waals surface area contributed by atoms with Gasteiger partial charge >= 0.3 is 0 Å². The highest BCUT2D eigenvalue weighted by Crippen LogP contribution is 2.37. The van der Waals surface area contributed by atoms with Gasteiger partial charge < -0.3 is 24.3 Å². The van der Waals surface area contributed by atoms with E-state index in [-0.39, 0.29) is 0 Å². The fraction of sp³-hybridized carbons (Fsp3) is 0.222. The van der Waals surface area contributed by atoms with E-state index in [1.54, 1.807) is 20.4 Å². The zero-order valence-corrected chi connectivity index (χ0v) is 19.1. The summed E-state index contributed by atoms with van der Waals surface area (Å²) in [5.74, 6) is 3.64. The van der Waals surface area contributed by atoms with Crippen molar-refractivity contribution in [3.05, 3.63) is 78.5 Å². The van der Waals surface area contributed by atoms with Crippen molar-refractivity contribution in [1.82, 2.24) is 4.98 Å². The summed E-state index contributed by atoms with van der Waals surface area (Å²) in [4.78, 5) is 4.42. The molecule has 0 saturated heterocycles. The molecule has 33 heavy (non-hydrogen) atoms. The van der Waals surface area contributed by atoms with Crippen LogP contribution in [0, 0.1) is 0 Å². The number of anilines is 1. The van der Waals surface area contributed by atoms with E-state index in [1.807, 2.05) is 60.7 Å². The highest BCUT2D eigenvalue weighted by Gasteiger charge is 2.11. The van der Waals surface area contributed by atoms with E-state index in [0.717, 1.165) is 34.5 Å². The number of benzene rings is 3. The van der Waals surface area contributed by atoms with Crippen molar-refractivity contribution in [2.24, 2.45) is 0 Å². The summed E-state index contributed by atoms with van der Waals surface area (Å²) in [5.41, 5.74) is 2.99. The zero-order chi connectivity index (χ0) is 23.0. The fourth-order valence-electron chi connectivity index (χ4n) is 3.60. The Morgan fingerprint density at radius 2 is 1.58 bits per heavy atom. The lowest BCUT2D eigenvalue weighted by Gasteiger charge is -2.13. The van der Waals surface area contributed by atoms with E-state index in [1.165, 1.54) is 5.56 Å². The molecular formula is C27H28N2O4. The highest BCUT2D eigenvalue weighted by atomic mass is 16.5. The van der Waals surface area contributed by atoms with E-state index in [9.17, 15) is 0 Å². The molecule has 0 atom stereocenters. The first-order chi connectivity index (χ1) is 16.2. The number of fused-ring (bicyclic) bond motifs is 1. The number of aryl methyl sites for hydroxylation is 1. The van der Waals surface area contributed by atoms with Gasteiger partial charge in [0.25, 0.3) is 0 Å². The maximum Gasteiger partial charge on any atom is 0.162 e. The summed E-state index contributed by atoms with van der Waals surface area (Å²) in [5, 5.41) is 4.23. The van der Waals surface area contributed by atoms with Gasteiger partial charge in [-0.2, -0.15) is 0 Å². The van der Waals surface area contributed by atoms with Gasteiger partial charge in [-0.15, -0.1) is 0 Å². The average molecular weight is 445 g/mol. The standard InChI is InChI=1S/C27H28N2O4/c1-4-19-7-5-6-8-24(19)32-16-15-28-20-9-11-21(12-10-20)33-25-13-14-29-23-18-27(31-3)26(30-2)17-22(23)25/h5-14,17-18,28H,4,15-16H2,1-3H3. The van der Waals surface area contributed by atoms with Crippen LogP contribution in [0.5, 0.6) is 28.7 Å². The van der Waals surface area contributed by atoms with Crippen LogP contribution in [0.1, 0.15) is 12.5 Å². The van der Waals surface area contributed by atoms with Gasteiger partial charge in [-0.25, -0.2) is 0 Å². The molecule has 0 aliphatic rings. The Bertz CT molecular complexity index is 1210. The molecule has 0 aliphatic heterocycles. The summed E-state index contributed by atoms with van der Waals surface area (Å²) in [6, 6.07) is 21.5. The Morgan fingerprint density at radius 3 is 2.33 bits per heavy atom. The van der Waals surface area contributed by atoms with Crippen LogP contribution in [0.2, 0.25) is 0 Å². The van der Waals surface area contributed by atoms with Gasteiger partial charge in [0.1, 0.15) is 23.9 Å². The molecule has 0 saturated carbocycles. The largest absolute Gasteiger partial charge is 0.493 e. The molecule has 0 bridgehead atoms. The Balaban J connectivity index is 1.38. The minimum absolute atomic E-state index is 0.587. The molecule has 4 aromatic rings. The second-order valence-electron chi connectivity index (χ2n) is 7.40. The molecule has 1 heterocycles. The Morgan fingerprint density at radius 1 is 0.818 bits per heavy atom. The van der Waals surface area contributed by atoms with Crippen molar-refractivity contribution in [2.75, 3.05) is 32.7 Å². The number of ether oxygens (including phenoxy) is 4. The van der Waals surface area contributed by atoms with Crippen LogP contribution >= 0.6 is 0 Å². The van der Waals surface area contributed by atoms with Crippen molar-refractivity contribution >= 4 is 16.6 Å². The molecule has 1 N–H and O–H groups in total. The number of hydrogen-bond donors (Lipinski definition) is 1. The quantitative estimate of drug-likeness (QED) is 0.298. The van der Waals surface area contributed by atoms with Crippen LogP contribution in [0.25, 0.3) is 10.9 Å². The molecule has 4 rings (SSSR count). The van der Waals surface area contributed by atoms with Crippen molar-refractivity contribution in [3.63, 3.8) is 0 Å². The SMILES string of the molecule is CCc1ccccc1OCCNc1ccc(Oc2ccnc3cc(OC)c(OC)cc23)cc1. The molecule has 6 nitrogen and oxygen atoms in total. The van der Waals surface area contributed by atoms with Crippen molar-refractivity contribution in [1.29, 1.82) is 0 Å². The molecule has 0 radical (unpaired) electrons. The first-order valence-corrected chi connectivity index (χ1v) is 10.9. The molecule has 0 fully saturated rings. The van der Waals surface area contributed by atoms with E-state index in [0.29, 0.717) is 30.4 Å². The second kappa shape index (κ2) is 10.6. The van der Waals surface area contributed by atoms with Gasteiger partial charge in [0.15, 0.2) is 11.5 Å². The first-order valence-electron chi connectivity index (χ1n) is 10.9. The Labute approximate surface area is 194 Å². The van der Waals surface area contributed by atoms with E-state index in [4.69, 9.17) is 18.9 Å². The predicted octanol–water partition coefficient (Wildman–Crippen LogP) is 6.10. The summed E-state index contributed by atoms with van der Waals surface area (Å²) < 4.78 is 22.9. The number of rotatable bonds is 10. The van der Waals surface area contributed by atoms with Gasteiger partial charge in [0.2, 0.25) is 0 Å². The summed E-state index contributed by atoms with van der Waals surface area (Å²) >= 11 is 0. The number of nitrogens with one attached hydrogen (secondary N) is 1. The lowest BCUT2D eigenvalue weighted by molar-refractivity contribution is 0.329. The molecular weight excluding hydrogens is 416 g/mol. The van der Waals surface area contributed by atoms with E-state index >= 15 is 0 Å². The molecule has 0 aliphatic carbocycles. The van der Waals surface area contributed by atoms with Crippen LogP contribution in [0.15, 0.2) is 72.9 Å². The molecule has 0 unspecified atom stereocenters. The normalized spacial score (nSPS) is 10.6. The third kappa shape index (κ3) is 5.29. The predicted molar refractivity (Wildman–Crippen MR) is 131 cm³/mol. The molecule has 0 spiro atoms. The van der Waals surface area contributed by atoms with Gasteiger partial charge in [-0.3, -0.25) is 4.98 Å². The van der Waals surface area contributed by atoms with Crippen molar-refractivity contribution < 1.29 is 18.9 Å². The van der Waals surface area contributed by atoms with Crippen molar-refractivity contribution in [2.45, 2.75) is 13.3 Å². The number of pyridine rings is 1. The van der Waals surface area contributed by atoms with Gasteiger partial charge in [0, 0.05) is 29.9 Å². The lowest BCUT2D eigenvalue weighted by atomic mass is 10.1. The molecule has 6 heteroatoms. The summed E-state index contributed by atoms with van der Waals surface area (Å²) in [7, 11) is 3.22. The van der Waals surface area contributed by atoms with Crippen LogP contribution in [-0.4, -0.2) is 32.4 Å². The molecule has 1 aromatic heterocycles. The van der Waals surface area contributed by atoms with E-state index < -0.39 is 0 Å². The van der Waals surface area contributed by atoms with Crippen LogP contribution in [0.4, 0.5) is 5.69 Å². The fourth-order valence-corrected chi connectivity index (χ4v) is 3.60. The first kappa shape index (κ1) is 22.3. The number of aromatic nitrogens is 1. The zero-order valence-electron chi connectivity index (χ0n) is 19.1. The minimum atomic E-state index is 0.587. The Hall–Kier alpha value is -3.93.